The minimum Gasteiger partial charge on any atom is -0.363 e. The predicted molar refractivity (Wildman–Crippen MR) is 87.8 cm³/mol. The van der Waals surface area contributed by atoms with Crippen LogP contribution in [-0.2, 0) is 16.6 Å². The quantitative estimate of drug-likeness (QED) is 0.733. The molecule has 1 aromatic carbocycles. The van der Waals surface area contributed by atoms with Crippen molar-refractivity contribution in [2.24, 2.45) is 0 Å². The van der Waals surface area contributed by atoms with Gasteiger partial charge in [-0.25, -0.2) is 23.1 Å². The second kappa shape index (κ2) is 6.14. The molecule has 0 atom stereocenters. The zero-order chi connectivity index (χ0) is 16.4. The van der Waals surface area contributed by atoms with Crippen molar-refractivity contribution >= 4 is 38.6 Å². The maximum atomic E-state index is 12.5. The average Bonchev–Trinajstić information content (AvgIpc) is 3.01. The zero-order valence-corrected chi connectivity index (χ0v) is 14.1. The summed E-state index contributed by atoms with van der Waals surface area (Å²) in [6, 6.07) is 6.62. The van der Waals surface area contributed by atoms with Crippen molar-refractivity contribution in [3.8, 4) is 0 Å². The second-order valence-corrected chi connectivity index (χ2v) is 7.20. The molecule has 8 nitrogen and oxygen atoms in total. The lowest BCUT2D eigenvalue weighted by atomic mass is 10.3. The van der Waals surface area contributed by atoms with Gasteiger partial charge < -0.3 is 4.90 Å². The van der Waals surface area contributed by atoms with Gasteiger partial charge in [-0.15, -0.1) is 0 Å². The first kappa shape index (κ1) is 15.7. The second-order valence-electron chi connectivity index (χ2n) is 4.94. The Kier molecular flexibility index (Phi) is 4.20. The Morgan fingerprint density at radius 2 is 2.04 bits per heavy atom. The van der Waals surface area contributed by atoms with Crippen LogP contribution in [0.25, 0.3) is 11.0 Å². The van der Waals surface area contributed by atoms with Gasteiger partial charge in [0, 0.05) is 20.3 Å². The summed E-state index contributed by atoms with van der Waals surface area (Å²) in [5.41, 5.74) is 0.927. The van der Waals surface area contributed by atoms with Gasteiger partial charge in [-0.3, -0.25) is 0 Å². The van der Waals surface area contributed by atoms with Crippen LogP contribution in [0.5, 0.6) is 0 Å². The summed E-state index contributed by atoms with van der Waals surface area (Å²) in [5.74, 6) is 1.10. The fourth-order valence-corrected chi connectivity index (χ4v) is 3.70. The third-order valence-corrected chi connectivity index (χ3v) is 5.08. The molecule has 0 bridgehead atoms. The molecule has 2 aromatic heterocycles. The highest BCUT2D eigenvalue weighted by molar-refractivity contribution is 7.89. The van der Waals surface area contributed by atoms with E-state index in [4.69, 9.17) is 0 Å². The number of nitrogens with one attached hydrogen (secondary N) is 1. The summed E-state index contributed by atoms with van der Waals surface area (Å²) in [5, 5.41) is 0. The number of rotatable bonds is 5. The number of anilines is 1. The van der Waals surface area contributed by atoms with E-state index in [1.165, 1.54) is 6.07 Å². The van der Waals surface area contributed by atoms with Crippen molar-refractivity contribution in [1.82, 2.24) is 23.4 Å². The van der Waals surface area contributed by atoms with E-state index in [0.717, 1.165) is 11.7 Å². The third kappa shape index (κ3) is 3.28. The molecule has 120 valence electrons. The molecule has 0 spiro atoms. The Hall–Kier alpha value is -2.17. The molecular weight excluding hydrogens is 336 g/mol. The molecule has 0 fully saturated rings. The van der Waals surface area contributed by atoms with Crippen LogP contribution in [0.1, 0.15) is 5.82 Å². The van der Waals surface area contributed by atoms with Crippen molar-refractivity contribution in [2.75, 3.05) is 19.0 Å². The van der Waals surface area contributed by atoms with Crippen molar-refractivity contribution in [1.29, 1.82) is 0 Å². The minimum atomic E-state index is -3.73. The number of nitrogens with zero attached hydrogens (tertiary/aromatic N) is 5. The van der Waals surface area contributed by atoms with Gasteiger partial charge in [0.05, 0.1) is 18.3 Å². The molecule has 0 radical (unpaired) electrons. The summed E-state index contributed by atoms with van der Waals surface area (Å²) in [7, 11) is -0.0207. The van der Waals surface area contributed by atoms with Crippen LogP contribution in [-0.4, -0.2) is 41.2 Å². The molecule has 0 unspecified atom stereocenters. The SMILES string of the molecule is CN(C)c1ccnc(CNS(=O)(=O)c2cccc3nsnc23)n1. The third-order valence-electron chi connectivity index (χ3n) is 3.11. The molecule has 3 rings (SSSR count). The largest absolute Gasteiger partial charge is 0.363 e. The molecular formula is C13H14N6O2S2. The fraction of sp³-hybridized carbons (Fsp3) is 0.231. The molecule has 10 heteroatoms. The molecule has 0 amide bonds. The molecule has 0 saturated carbocycles. The summed E-state index contributed by atoms with van der Waals surface area (Å²) < 4.78 is 35.6. The molecule has 0 aliphatic carbocycles. The highest BCUT2D eigenvalue weighted by Gasteiger charge is 2.19. The highest BCUT2D eigenvalue weighted by Crippen LogP contribution is 2.21. The Morgan fingerprint density at radius 3 is 2.83 bits per heavy atom. The number of benzene rings is 1. The number of hydrogen-bond acceptors (Lipinski definition) is 8. The van der Waals surface area contributed by atoms with Gasteiger partial charge in [-0.05, 0) is 18.2 Å². The Bertz CT molecular complexity index is 938. The summed E-state index contributed by atoms with van der Waals surface area (Å²) in [6.45, 7) is -0.00202. The lowest BCUT2D eigenvalue weighted by molar-refractivity contribution is 0.580. The van der Waals surface area contributed by atoms with Crippen LogP contribution in [0, 0.1) is 0 Å². The van der Waals surface area contributed by atoms with Crippen molar-refractivity contribution in [3.63, 3.8) is 0 Å². The van der Waals surface area contributed by atoms with E-state index in [1.54, 1.807) is 24.4 Å². The van der Waals surface area contributed by atoms with E-state index in [-0.39, 0.29) is 11.4 Å². The minimum absolute atomic E-state index is 0.00202. The topological polar surface area (TPSA) is 101 Å². The normalized spacial score (nSPS) is 11.7. The van der Waals surface area contributed by atoms with E-state index in [9.17, 15) is 8.42 Å². The highest BCUT2D eigenvalue weighted by atomic mass is 32.2. The van der Waals surface area contributed by atoms with Crippen molar-refractivity contribution in [3.05, 3.63) is 36.3 Å². The van der Waals surface area contributed by atoms with E-state index in [2.05, 4.69) is 23.4 Å². The first-order valence-electron chi connectivity index (χ1n) is 6.67. The first-order valence-corrected chi connectivity index (χ1v) is 8.89. The molecule has 0 aliphatic rings. The van der Waals surface area contributed by atoms with Gasteiger partial charge in [0.2, 0.25) is 10.0 Å². The van der Waals surface area contributed by atoms with E-state index in [0.29, 0.717) is 22.7 Å². The predicted octanol–water partition coefficient (Wildman–Crippen LogP) is 1.03. The van der Waals surface area contributed by atoms with E-state index < -0.39 is 10.0 Å². The standard InChI is InChI=1S/C13H14N6O2S2/c1-19(2)12-6-7-14-11(16-12)8-15-23(20,21)10-5-3-4-9-13(10)18-22-17-9/h3-7,15H,8H2,1-2H3. The lowest BCUT2D eigenvalue weighted by Gasteiger charge is -2.12. The van der Waals surface area contributed by atoms with Gasteiger partial charge in [0.25, 0.3) is 0 Å². The first-order chi connectivity index (χ1) is 11.0. The zero-order valence-electron chi connectivity index (χ0n) is 12.5. The molecule has 2 heterocycles. The Morgan fingerprint density at radius 1 is 1.22 bits per heavy atom. The number of fused-ring (bicyclic) bond motifs is 1. The van der Waals surface area contributed by atoms with Crippen LogP contribution >= 0.6 is 11.7 Å². The maximum absolute atomic E-state index is 12.5. The Balaban J connectivity index is 1.85. The van der Waals surface area contributed by atoms with Crippen LogP contribution in [0.4, 0.5) is 5.82 Å². The molecule has 1 N–H and O–H groups in total. The molecule has 23 heavy (non-hydrogen) atoms. The van der Waals surface area contributed by atoms with Crippen molar-refractivity contribution in [2.45, 2.75) is 11.4 Å². The van der Waals surface area contributed by atoms with Crippen LogP contribution in [0.3, 0.4) is 0 Å². The molecule has 0 saturated heterocycles. The lowest BCUT2D eigenvalue weighted by Crippen LogP contribution is -2.25. The summed E-state index contributed by atoms with van der Waals surface area (Å²) in [6.07, 6.45) is 1.59. The summed E-state index contributed by atoms with van der Waals surface area (Å²) in [4.78, 5) is 10.3. The van der Waals surface area contributed by atoms with Gasteiger partial charge in [0.15, 0.2) is 0 Å². The van der Waals surface area contributed by atoms with Crippen LogP contribution in [0.15, 0.2) is 35.4 Å². The molecule has 0 aliphatic heterocycles. The van der Waals surface area contributed by atoms with E-state index >= 15 is 0 Å². The number of sulfonamides is 1. The average molecular weight is 350 g/mol. The van der Waals surface area contributed by atoms with Gasteiger partial charge >= 0.3 is 0 Å². The van der Waals surface area contributed by atoms with Crippen LogP contribution < -0.4 is 9.62 Å². The maximum Gasteiger partial charge on any atom is 0.243 e. The van der Waals surface area contributed by atoms with Gasteiger partial charge in [-0.1, -0.05) is 6.07 Å². The molecule has 3 aromatic rings. The van der Waals surface area contributed by atoms with E-state index in [1.807, 2.05) is 19.0 Å². The smallest absolute Gasteiger partial charge is 0.243 e. The van der Waals surface area contributed by atoms with Gasteiger partial charge in [0.1, 0.15) is 27.6 Å². The Labute approximate surface area is 137 Å². The fourth-order valence-electron chi connectivity index (χ4n) is 1.96. The van der Waals surface area contributed by atoms with Gasteiger partial charge in [-0.2, -0.15) is 8.75 Å². The number of hydrogen-bond donors (Lipinski definition) is 1. The van der Waals surface area contributed by atoms with Crippen LogP contribution in [0.2, 0.25) is 0 Å². The summed E-state index contributed by atoms with van der Waals surface area (Å²) >= 11 is 0.980. The monoisotopic (exact) mass is 350 g/mol. The van der Waals surface area contributed by atoms with Crippen molar-refractivity contribution < 1.29 is 8.42 Å². The number of aromatic nitrogens is 4.